The number of nitrogens with zero attached hydrogens (tertiary/aromatic N) is 3. The number of amides is 1. The Bertz CT molecular complexity index is 1220. The number of hydrogen-bond donors (Lipinski definition) is 1. The number of thiazole rings is 1. The summed E-state index contributed by atoms with van der Waals surface area (Å²) in [5.41, 5.74) is 4.11. The molecule has 1 aromatic carbocycles. The minimum absolute atomic E-state index is 0.00855. The van der Waals surface area contributed by atoms with Crippen molar-refractivity contribution in [2.24, 2.45) is 0 Å². The van der Waals surface area contributed by atoms with Crippen molar-refractivity contribution in [2.75, 3.05) is 12.4 Å². The van der Waals surface area contributed by atoms with Gasteiger partial charge >= 0.3 is 0 Å². The van der Waals surface area contributed by atoms with Crippen LogP contribution in [-0.4, -0.2) is 27.8 Å². The number of carbonyl (C=O) groups is 1. The average molecular weight is 411 g/mol. The highest BCUT2D eigenvalue weighted by Gasteiger charge is 2.34. The number of carbonyl (C=O) groups excluding carboxylic acids is 1. The van der Waals surface area contributed by atoms with Crippen LogP contribution < -0.4 is 10.1 Å². The van der Waals surface area contributed by atoms with Gasteiger partial charge in [0.05, 0.1) is 23.0 Å². The molecule has 1 aliphatic heterocycles. The summed E-state index contributed by atoms with van der Waals surface area (Å²) in [6.45, 7) is 4.10. The van der Waals surface area contributed by atoms with Crippen LogP contribution in [0, 0.1) is 13.8 Å². The number of benzene rings is 1. The van der Waals surface area contributed by atoms with Gasteiger partial charge in [0, 0.05) is 22.8 Å². The SMILES string of the molecule is COc1ccc2nc(-n3nc(C)c4c3NC(=O)C[C@@H]4c3sccc3C)sc2c1. The average Bonchev–Trinajstić information content (AvgIpc) is 3.37. The monoisotopic (exact) mass is 410 g/mol. The smallest absolute Gasteiger partial charge is 0.226 e. The van der Waals surface area contributed by atoms with Crippen LogP contribution in [0.15, 0.2) is 29.6 Å². The first-order chi connectivity index (χ1) is 13.5. The van der Waals surface area contributed by atoms with Gasteiger partial charge in [-0.05, 0) is 49.1 Å². The standard InChI is InChI=1S/C20H18N4O2S2/c1-10-6-7-27-18(10)13-9-16(25)22-19-17(13)11(2)23-24(19)20-21-14-5-4-12(26-3)8-15(14)28-20/h4-8,13H,9H2,1-3H3,(H,22,25)/t13-/m0/s1. The predicted octanol–water partition coefficient (Wildman–Crippen LogP) is 4.64. The molecule has 3 aromatic heterocycles. The van der Waals surface area contributed by atoms with Crippen LogP contribution in [0.5, 0.6) is 5.75 Å². The highest BCUT2D eigenvalue weighted by atomic mass is 32.1. The van der Waals surface area contributed by atoms with Gasteiger partial charge in [0.2, 0.25) is 11.0 Å². The first kappa shape index (κ1) is 17.4. The quantitative estimate of drug-likeness (QED) is 0.534. The van der Waals surface area contributed by atoms with Crippen LogP contribution in [0.25, 0.3) is 15.3 Å². The Balaban J connectivity index is 1.67. The minimum atomic E-state index is 0.00855. The topological polar surface area (TPSA) is 69.0 Å². The van der Waals surface area contributed by atoms with Crippen LogP contribution in [0.1, 0.15) is 34.0 Å². The molecular formula is C20H18N4O2S2. The summed E-state index contributed by atoms with van der Waals surface area (Å²) in [4.78, 5) is 18.5. The molecule has 0 fully saturated rings. The zero-order valence-corrected chi connectivity index (χ0v) is 17.3. The lowest BCUT2D eigenvalue weighted by Gasteiger charge is -2.23. The number of aromatic nitrogens is 3. The van der Waals surface area contributed by atoms with E-state index < -0.39 is 0 Å². The molecule has 0 bridgehead atoms. The van der Waals surface area contributed by atoms with Crippen LogP contribution in [0.2, 0.25) is 0 Å². The zero-order valence-electron chi connectivity index (χ0n) is 15.6. The van der Waals surface area contributed by atoms with E-state index in [0.29, 0.717) is 6.42 Å². The molecule has 1 aliphatic rings. The fourth-order valence-corrected chi connectivity index (χ4v) is 5.75. The molecular weight excluding hydrogens is 392 g/mol. The maximum Gasteiger partial charge on any atom is 0.226 e. The third-order valence-electron chi connectivity index (χ3n) is 5.09. The molecule has 6 nitrogen and oxygen atoms in total. The van der Waals surface area contributed by atoms with Gasteiger partial charge in [0.25, 0.3) is 0 Å². The van der Waals surface area contributed by atoms with Gasteiger partial charge in [0.15, 0.2) is 0 Å². The van der Waals surface area contributed by atoms with Gasteiger partial charge in [0.1, 0.15) is 11.6 Å². The van der Waals surface area contributed by atoms with E-state index in [-0.39, 0.29) is 11.8 Å². The molecule has 0 saturated heterocycles. The lowest BCUT2D eigenvalue weighted by Crippen LogP contribution is -2.24. The maximum absolute atomic E-state index is 12.5. The van der Waals surface area contributed by atoms with Crippen molar-refractivity contribution >= 4 is 44.6 Å². The van der Waals surface area contributed by atoms with Crippen LogP contribution in [-0.2, 0) is 4.79 Å². The second-order valence-electron chi connectivity index (χ2n) is 6.86. The Morgan fingerprint density at radius 1 is 1.29 bits per heavy atom. The van der Waals surface area contributed by atoms with Crippen LogP contribution >= 0.6 is 22.7 Å². The molecule has 28 heavy (non-hydrogen) atoms. The Morgan fingerprint density at radius 2 is 2.14 bits per heavy atom. The van der Waals surface area contributed by atoms with Crippen molar-refractivity contribution in [3.63, 3.8) is 0 Å². The van der Waals surface area contributed by atoms with Gasteiger partial charge in [-0.2, -0.15) is 9.78 Å². The number of nitrogens with one attached hydrogen (secondary N) is 1. The fraction of sp³-hybridized carbons (Fsp3) is 0.250. The number of fused-ring (bicyclic) bond motifs is 2. The van der Waals surface area contributed by atoms with Gasteiger partial charge in [-0.3, -0.25) is 4.79 Å². The van der Waals surface area contributed by atoms with E-state index in [4.69, 9.17) is 14.8 Å². The molecule has 0 saturated carbocycles. The van der Waals surface area contributed by atoms with Gasteiger partial charge in [-0.1, -0.05) is 11.3 Å². The second-order valence-corrected chi connectivity index (χ2v) is 8.82. The summed E-state index contributed by atoms with van der Waals surface area (Å²) < 4.78 is 8.10. The molecule has 1 N–H and O–H groups in total. The van der Waals surface area contributed by atoms with Crippen LogP contribution in [0.4, 0.5) is 5.82 Å². The van der Waals surface area contributed by atoms with Crippen LogP contribution in [0.3, 0.4) is 0 Å². The van der Waals surface area contributed by atoms with E-state index in [2.05, 4.69) is 23.7 Å². The lowest BCUT2D eigenvalue weighted by atomic mass is 9.89. The molecule has 1 atom stereocenters. The van der Waals surface area contributed by atoms with E-state index in [0.717, 1.165) is 38.2 Å². The Hall–Kier alpha value is -2.71. The fourth-order valence-electron chi connectivity index (χ4n) is 3.76. The van der Waals surface area contributed by atoms with Crippen molar-refractivity contribution in [1.29, 1.82) is 0 Å². The molecule has 0 spiro atoms. The van der Waals surface area contributed by atoms with E-state index in [9.17, 15) is 4.79 Å². The first-order valence-electron chi connectivity index (χ1n) is 8.93. The van der Waals surface area contributed by atoms with Crippen molar-refractivity contribution in [1.82, 2.24) is 14.8 Å². The molecule has 0 radical (unpaired) electrons. The summed E-state index contributed by atoms with van der Waals surface area (Å²) >= 11 is 3.23. The molecule has 8 heteroatoms. The van der Waals surface area contributed by atoms with Crippen molar-refractivity contribution in [3.8, 4) is 10.9 Å². The number of aryl methyl sites for hydroxylation is 2. The van der Waals surface area contributed by atoms with E-state index >= 15 is 0 Å². The molecule has 4 heterocycles. The molecule has 0 aliphatic carbocycles. The second kappa shape index (κ2) is 6.42. The van der Waals surface area contributed by atoms with Gasteiger partial charge in [-0.25, -0.2) is 4.98 Å². The third-order valence-corrected chi connectivity index (χ3v) is 7.21. The first-order valence-corrected chi connectivity index (χ1v) is 10.6. The zero-order chi connectivity index (χ0) is 19.4. The molecule has 142 valence electrons. The van der Waals surface area contributed by atoms with E-state index in [1.54, 1.807) is 23.1 Å². The summed E-state index contributed by atoms with van der Waals surface area (Å²) in [6, 6.07) is 7.91. The number of thiophene rings is 1. The third kappa shape index (κ3) is 2.63. The number of rotatable bonds is 3. The lowest BCUT2D eigenvalue weighted by molar-refractivity contribution is -0.116. The Labute approximate surface area is 169 Å². The van der Waals surface area contributed by atoms with Gasteiger partial charge in [-0.15, -0.1) is 11.3 Å². The number of methoxy groups -OCH3 is 1. The summed E-state index contributed by atoms with van der Waals surface area (Å²) in [5, 5.41) is 10.6. The number of hydrogen-bond acceptors (Lipinski definition) is 6. The summed E-state index contributed by atoms with van der Waals surface area (Å²) in [5.74, 6) is 1.57. The molecule has 1 amide bonds. The minimum Gasteiger partial charge on any atom is -0.497 e. The normalized spacial score (nSPS) is 16.2. The van der Waals surface area contributed by atoms with E-state index in [1.165, 1.54) is 21.8 Å². The van der Waals surface area contributed by atoms with Gasteiger partial charge < -0.3 is 10.1 Å². The molecule has 5 rings (SSSR count). The Morgan fingerprint density at radius 3 is 2.89 bits per heavy atom. The largest absolute Gasteiger partial charge is 0.497 e. The highest BCUT2D eigenvalue weighted by Crippen LogP contribution is 2.43. The summed E-state index contributed by atoms with van der Waals surface area (Å²) in [7, 11) is 1.65. The van der Waals surface area contributed by atoms with Crippen molar-refractivity contribution in [2.45, 2.75) is 26.2 Å². The molecule has 0 unspecified atom stereocenters. The van der Waals surface area contributed by atoms with Crippen molar-refractivity contribution < 1.29 is 9.53 Å². The highest BCUT2D eigenvalue weighted by molar-refractivity contribution is 7.20. The Kier molecular flexibility index (Phi) is 3.99. The number of anilines is 1. The number of ether oxygens (including phenoxy) is 1. The van der Waals surface area contributed by atoms with Crippen molar-refractivity contribution in [3.05, 3.63) is 51.3 Å². The summed E-state index contributed by atoms with van der Waals surface area (Å²) in [6.07, 6.45) is 0.442. The molecule has 4 aromatic rings. The van der Waals surface area contributed by atoms with E-state index in [1.807, 2.05) is 25.1 Å². The predicted molar refractivity (Wildman–Crippen MR) is 112 cm³/mol. The maximum atomic E-state index is 12.5.